The number of hydrogen-bond acceptors (Lipinski definition) is 7. The average molecular weight is 384 g/mol. The molecule has 28 heavy (non-hydrogen) atoms. The fourth-order valence-corrected chi connectivity index (χ4v) is 3.97. The van der Waals surface area contributed by atoms with Crippen LogP contribution in [0.3, 0.4) is 0 Å². The van der Waals surface area contributed by atoms with Crippen molar-refractivity contribution in [2.24, 2.45) is 5.92 Å². The highest BCUT2D eigenvalue weighted by molar-refractivity contribution is 5.81. The molecule has 0 unspecified atom stereocenters. The first-order chi connectivity index (χ1) is 13.6. The molecule has 2 aromatic rings. The number of rotatable bonds is 5. The van der Waals surface area contributed by atoms with Crippen LogP contribution in [0.1, 0.15) is 18.9 Å². The number of hydrogen-bond donors (Lipinski definition) is 1. The number of carbonyl (C=O) groups excluding carboxylic acids is 1. The molecular formula is C19H24N6O3. The first-order valence-electron chi connectivity index (χ1n) is 9.71. The van der Waals surface area contributed by atoms with Crippen molar-refractivity contribution in [3.63, 3.8) is 0 Å². The van der Waals surface area contributed by atoms with Crippen LogP contribution >= 0.6 is 0 Å². The Bertz CT molecular complexity index is 863. The van der Waals surface area contributed by atoms with Gasteiger partial charge in [-0.3, -0.25) is 4.79 Å². The molecule has 2 saturated heterocycles. The molecule has 3 fully saturated rings. The highest BCUT2D eigenvalue weighted by Gasteiger charge is 2.50. The minimum absolute atomic E-state index is 0.109. The van der Waals surface area contributed by atoms with E-state index < -0.39 is 0 Å². The van der Waals surface area contributed by atoms with Gasteiger partial charge in [-0.05, 0) is 47.5 Å². The van der Waals surface area contributed by atoms with Crippen molar-refractivity contribution in [1.29, 1.82) is 0 Å². The Hall–Kier alpha value is -2.52. The summed E-state index contributed by atoms with van der Waals surface area (Å²) in [5.41, 5.74) is 2.05. The molecule has 1 aliphatic carbocycles. The van der Waals surface area contributed by atoms with Crippen molar-refractivity contribution in [2.45, 2.75) is 37.1 Å². The quantitative estimate of drug-likeness (QED) is 0.808. The first kappa shape index (κ1) is 17.6. The predicted molar refractivity (Wildman–Crippen MR) is 101 cm³/mol. The van der Waals surface area contributed by atoms with E-state index in [0.717, 1.165) is 24.1 Å². The van der Waals surface area contributed by atoms with E-state index in [9.17, 15) is 4.79 Å². The molecule has 148 valence electrons. The number of anilines is 1. The van der Waals surface area contributed by atoms with Gasteiger partial charge in [0, 0.05) is 31.3 Å². The number of fused-ring (bicyclic) bond motifs is 1. The summed E-state index contributed by atoms with van der Waals surface area (Å²) in [4.78, 5) is 14.2. The molecule has 1 saturated carbocycles. The van der Waals surface area contributed by atoms with Crippen molar-refractivity contribution in [3.8, 4) is 11.4 Å². The van der Waals surface area contributed by atoms with Crippen molar-refractivity contribution in [2.75, 3.05) is 32.2 Å². The Morgan fingerprint density at radius 1 is 1.14 bits per heavy atom. The van der Waals surface area contributed by atoms with Gasteiger partial charge in [0.25, 0.3) is 0 Å². The zero-order valence-corrected chi connectivity index (χ0v) is 16.0. The van der Waals surface area contributed by atoms with E-state index in [1.807, 2.05) is 43.3 Å². The smallest absolute Gasteiger partial charge is 0.223 e. The van der Waals surface area contributed by atoms with Gasteiger partial charge in [0.15, 0.2) is 5.82 Å². The minimum Gasteiger partial charge on any atom is -0.378 e. The summed E-state index contributed by atoms with van der Waals surface area (Å²) in [6, 6.07) is 7.88. The normalized spacial score (nSPS) is 28.9. The fourth-order valence-electron chi connectivity index (χ4n) is 3.97. The number of carbonyl (C=O) groups is 1. The Morgan fingerprint density at radius 3 is 2.61 bits per heavy atom. The predicted octanol–water partition coefficient (Wildman–Crippen LogP) is 0.640. The van der Waals surface area contributed by atoms with E-state index in [1.54, 1.807) is 4.68 Å². The summed E-state index contributed by atoms with van der Waals surface area (Å²) < 4.78 is 13.8. The summed E-state index contributed by atoms with van der Waals surface area (Å²) >= 11 is 0. The number of amides is 1. The third kappa shape index (κ3) is 3.04. The van der Waals surface area contributed by atoms with Gasteiger partial charge in [0.2, 0.25) is 5.91 Å². The zero-order valence-electron chi connectivity index (χ0n) is 16.0. The Morgan fingerprint density at radius 2 is 1.89 bits per heavy atom. The molecule has 9 heteroatoms. The van der Waals surface area contributed by atoms with Crippen molar-refractivity contribution < 1.29 is 14.3 Å². The van der Waals surface area contributed by atoms with Gasteiger partial charge in [0.05, 0.1) is 19.3 Å². The van der Waals surface area contributed by atoms with E-state index in [2.05, 4.69) is 20.8 Å². The largest absolute Gasteiger partial charge is 0.378 e. The molecule has 3 aliphatic rings. The maximum Gasteiger partial charge on any atom is 0.223 e. The molecule has 1 amide bonds. The molecule has 0 bridgehead atoms. The summed E-state index contributed by atoms with van der Waals surface area (Å²) in [5.74, 6) is 0.978. The van der Waals surface area contributed by atoms with Crippen molar-refractivity contribution >= 4 is 11.6 Å². The van der Waals surface area contributed by atoms with E-state index in [-0.39, 0.29) is 36.1 Å². The third-order valence-corrected chi connectivity index (χ3v) is 5.75. The van der Waals surface area contributed by atoms with Crippen LogP contribution in [-0.4, -0.2) is 71.7 Å². The average Bonchev–Trinajstić information content (AvgIpc) is 3.11. The summed E-state index contributed by atoms with van der Waals surface area (Å²) in [5, 5.41) is 15.4. The monoisotopic (exact) mass is 384 g/mol. The Labute approximate surface area is 163 Å². The van der Waals surface area contributed by atoms with Gasteiger partial charge in [-0.2, -0.15) is 0 Å². The van der Waals surface area contributed by atoms with Gasteiger partial charge in [-0.1, -0.05) is 0 Å². The molecule has 2 aliphatic heterocycles. The SMILES string of the molecule is CN(C)c1ccc(-c2nnnn2[C@@H]2CO[C@@H]3[C@@H]2OC[C@@H]3NC(=O)C2CC2)cc1. The van der Waals surface area contributed by atoms with Crippen LogP contribution in [-0.2, 0) is 14.3 Å². The zero-order chi connectivity index (χ0) is 19.3. The number of tetrazole rings is 1. The van der Waals surface area contributed by atoms with Crippen LogP contribution in [0.5, 0.6) is 0 Å². The topological polar surface area (TPSA) is 94.4 Å². The van der Waals surface area contributed by atoms with Gasteiger partial charge in [0.1, 0.15) is 18.2 Å². The lowest BCUT2D eigenvalue weighted by atomic mass is 10.1. The molecule has 0 spiro atoms. The Kier molecular flexibility index (Phi) is 4.28. The standard InChI is InChI=1S/C19H24N6O3/c1-24(2)13-7-5-11(6-8-13)18-21-22-23-25(18)15-10-28-16-14(9-27-17(15)16)20-19(26)12-3-4-12/h5-8,12,14-17H,3-4,9-10H2,1-2H3,(H,20,26)/t14-,15+,16-,17+/m0/s1. The van der Waals surface area contributed by atoms with Gasteiger partial charge in [-0.25, -0.2) is 4.68 Å². The van der Waals surface area contributed by atoms with Gasteiger partial charge in [-0.15, -0.1) is 5.10 Å². The molecule has 0 radical (unpaired) electrons. The number of ether oxygens (including phenoxy) is 2. The molecule has 1 aromatic heterocycles. The van der Waals surface area contributed by atoms with Crippen LogP contribution in [0.2, 0.25) is 0 Å². The van der Waals surface area contributed by atoms with Crippen molar-refractivity contribution in [3.05, 3.63) is 24.3 Å². The highest BCUT2D eigenvalue weighted by atomic mass is 16.6. The summed E-state index contributed by atoms with van der Waals surface area (Å²) in [6.07, 6.45) is 1.63. The molecule has 5 rings (SSSR count). The van der Waals surface area contributed by atoms with E-state index in [4.69, 9.17) is 9.47 Å². The van der Waals surface area contributed by atoms with E-state index >= 15 is 0 Å². The van der Waals surface area contributed by atoms with Crippen LogP contribution in [0, 0.1) is 5.92 Å². The second kappa shape index (κ2) is 6.82. The minimum atomic E-state index is -0.173. The highest BCUT2D eigenvalue weighted by Crippen LogP contribution is 2.36. The van der Waals surface area contributed by atoms with Crippen LogP contribution in [0.25, 0.3) is 11.4 Å². The summed E-state index contributed by atoms with van der Waals surface area (Å²) in [6.45, 7) is 0.915. The lowest BCUT2D eigenvalue weighted by molar-refractivity contribution is -0.123. The third-order valence-electron chi connectivity index (χ3n) is 5.75. The molecule has 4 atom stereocenters. The molecule has 3 heterocycles. The number of aromatic nitrogens is 4. The van der Waals surface area contributed by atoms with Crippen molar-refractivity contribution in [1.82, 2.24) is 25.5 Å². The lowest BCUT2D eigenvalue weighted by Crippen LogP contribution is -2.44. The first-order valence-corrected chi connectivity index (χ1v) is 9.71. The van der Waals surface area contributed by atoms with Gasteiger partial charge >= 0.3 is 0 Å². The lowest BCUT2D eigenvalue weighted by Gasteiger charge is -2.18. The Balaban J connectivity index is 1.34. The summed E-state index contributed by atoms with van der Waals surface area (Å²) in [7, 11) is 4.01. The number of benzene rings is 1. The van der Waals surface area contributed by atoms with Crippen LogP contribution in [0.15, 0.2) is 24.3 Å². The van der Waals surface area contributed by atoms with E-state index in [0.29, 0.717) is 19.0 Å². The molecular weight excluding hydrogens is 360 g/mol. The van der Waals surface area contributed by atoms with Crippen LogP contribution in [0.4, 0.5) is 5.69 Å². The maximum absolute atomic E-state index is 12.1. The number of nitrogens with zero attached hydrogens (tertiary/aromatic N) is 5. The molecule has 1 N–H and O–H groups in total. The van der Waals surface area contributed by atoms with E-state index in [1.165, 1.54) is 0 Å². The fraction of sp³-hybridized carbons (Fsp3) is 0.579. The maximum atomic E-state index is 12.1. The molecule has 9 nitrogen and oxygen atoms in total. The second-order valence-electron chi connectivity index (χ2n) is 7.94. The van der Waals surface area contributed by atoms with Gasteiger partial charge < -0.3 is 19.7 Å². The molecule has 1 aromatic carbocycles. The second-order valence-corrected chi connectivity index (χ2v) is 7.94. The number of nitrogens with one attached hydrogen (secondary N) is 1. The van der Waals surface area contributed by atoms with Crippen LogP contribution < -0.4 is 10.2 Å².